The highest BCUT2D eigenvalue weighted by atomic mass is 19.4. The van der Waals surface area contributed by atoms with Gasteiger partial charge in [-0.25, -0.2) is 9.98 Å². The number of halogens is 3. The lowest BCUT2D eigenvalue weighted by Gasteiger charge is -2.14. The summed E-state index contributed by atoms with van der Waals surface area (Å²) in [6, 6.07) is 13.3. The van der Waals surface area contributed by atoms with Crippen molar-refractivity contribution in [1.29, 1.82) is 0 Å². The fourth-order valence-electron chi connectivity index (χ4n) is 2.95. The molecule has 0 unspecified atom stereocenters. The molecule has 2 aromatic heterocycles. The largest absolute Gasteiger partial charge is 0.435 e. The number of hydrogen-bond acceptors (Lipinski definition) is 3. The van der Waals surface area contributed by atoms with Crippen molar-refractivity contribution in [2.24, 2.45) is 4.99 Å². The van der Waals surface area contributed by atoms with E-state index in [4.69, 9.17) is 0 Å². The molecule has 0 fully saturated rings. The summed E-state index contributed by atoms with van der Waals surface area (Å²) < 4.78 is 41.3. The third-order valence-electron chi connectivity index (χ3n) is 4.05. The zero-order valence-electron chi connectivity index (χ0n) is 15.2. The summed E-state index contributed by atoms with van der Waals surface area (Å²) in [5, 5.41) is 0. The second-order valence-electron chi connectivity index (χ2n) is 6.33. The van der Waals surface area contributed by atoms with Crippen LogP contribution >= 0.6 is 0 Å². The van der Waals surface area contributed by atoms with Crippen LogP contribution < -0.4 is 0 Å². The van der Waals surface area contributed by atoms with E-state index in [0.717, 1.165) is 5.56 Å². The van der Waals surface area contributed by atoms with Gasteiger partial charge in [0, 0.05) is 6.20 Å². The van der Waals surface area contributed by atoms with Gasteiger partial charge in [0.2, 0.25) is 0 Å². The average Bonchev–Trinajstić information content (AvgIpc) is 2.61. The second kappa shape index (κ2) is 7.31. The van der Waals surface area contributed by atoms with Gasteiger partial charge in [-0.3, -0.25) is 4.98 Å². The normalized spacial score (nSPS) is 12.3. The SMILES string of the molecule is Cc1cc(C)c(N=C(c2cccc(-c3ccccn3)n2)C(F)(F)F)c(C)c1. The number of hydrogen-bond donors (Lipinski definition) is 0. The molecule has 3 rings (SSSR count). The summed E-state index contributed by atoms with van der Waals surface area (Å²) in [5.74, 6) is 0. The predicted octanol–water partition coefficient (Wildman–Crippen LogP) is 5.75. The lowest BCUT2D eigenvalue weighted by molar-refractivity contribution is -0.0581. The molecule has 0 aliphatic rings. The molecular weight excluding hydrogens is 351 g/mol. The van der Waals surface area contributed by atoms with Crippen molar-refractivity contribution in [3.8, 4) is 11.4 Å². The molecule has 0 saturated carbocycles. The Morgan fingerprint density at radius 3 is 2.15 bits per heavy atom. The molecule has 138 valence electrons. The maximum absolute atomic E-state index is 13.8. The smallest absolute Gasteiger partial charge is 0.255 e. The molecule has 0 aliphatic carbocycles. The molecule has 0 atom stereocenters. The monoisotopic (exact) mass is 369 g/mol. The molecule has 6 heteroatoms. The minimum atomic E-state index is -4.64. The van der Waals surface area contributed by atoms with E-state index in [9.17, 15) is 13.2 Å². The van der Waals surface area contributed by atoms with Gasteiger partial charge in [0.15, 0.2) is 5.71 Å². The molecule has 1 aromatic carbocycles. The third-order valence-corrected chi connectivity index (χ3v) is 4.05. The van der Waals surface area contributed by atoms with Gasteiger partial charge in [0.05, 0.1) is 22.8 Å². The van der Waals surface area contributed by atoms with Crippen molar-refractivity contribution in [3.05, 3.63) is 77.1 Å². The molecule has 0 saturated heterocycles. The number of aryl methyl sites for hydroxylation is 3. The van der Waals surface area contributed by atoms with Gasteiger partial charge in [0.1, 0.15) is 0 Å². The summed E-state index contributed by atoms with van der Waals surface area (Å²) in [5.41, 5.74) is 2.29. The number of aromatic nitrogens is 2. The molecule has 2 heterocycles. The van der Waals surface area contributed by atoms with Crippen LogP contribution in [-0.4, -0.2) is 21.9 Å². The van der Waals surface area contributed by atoms with Crippen molar-refractivity contribution in [2.75, 3.05) is 0 Å². The highest BCUT2D eigenvalue weighted by Gasteiger charge is 2.38. The van der Waals surface area contributed by atoms with Gasteiger partial charge in [-0.15, -0.1) is 0 Å². The van der Waals surface area contributed by atoms with Crippen LogP contribution in [0.2, 0.25) is 0 Å². The van der Waals surface area contributed by atoms with E-state index in [2.05, 4.69) is 15.0 Å². The molecule has 0 amide bonds. The number of alkyl halides is 3. The number of nitrogens with zero attached hydrogens (tertiary/aromatic N) is 3. The fraction of sp³-hybridized carbons (Fsp3) is 0.190. The molecule has 0 N–H and O–H groups in total. The first-order chi connectivity index (χ1) is 12.8. The molecule has 0 radical (unpaired) electrons. The van der Waals surface area contributed by atoms with E-state index in [0.29, 0.717) is 28.2 Å². The fourth-order valence-corrected chi connectivity index (χ4v) is 2.95. The van der Waals surface area contributed by atoms with E-state index in [1.807, 2.05) is 19.1 Å². The van der Waals surface area contributed by atoms with Gasteiger partial charge < -0.3 is 0 Å². The lowest BCUT2D eigenvalue weighted by atomic mass is 10.0. The van der Waals surface area contributed by atoms with Crippen molar-refractivity contribution in [3.63, 3.8) is 0 Å². The van der Waals surface area contributed by atoms with Crippen LogP contribution in [0.15, 0.2) is 59.7 Å². The Morgan fingerprint density at radius 2 is 1.56 bits per heavy atom. The van der Waals surface area contributed by atoms with Gasteiger partial charge >= 0.3 is 6.18 Å². The van der Waals surface area contributed by atoms with E-state index >= 15 is 0 Å². The Kier molecular flexibility index (Phi) is 5.08. The first kappa shape index (κ1) is 18.8. The molecule has 3 aromatic rings. The summed E-state index contributed by atoms with van der Waals surface area (Å²) in [6.07, 6.45) is -3.07. The number of benzene rings is 1. The Balaban J connectivity index is 2.16. The van der Waals surface area contributed by atoms with Crippen LogP contribution in [0.25, 0.3) is 11.4 Å². The summed E-state index contributed by atoms with van der Waals surface area (Å²) in [6.45, 7) is 5.41. The summed E-state index contributed by atoms with van der Waals surface area (Å²) in [4.78, 5) is 12.3. The molecule has 0 spiro atoms. The topological polar surface area (TPSA) is 38.1 Å². The predicted molar refractivity (Wildman–Crippen MR) is 100 cm³/mol. The number of pyridine rings is 2. The molecule has 27 heavy (non-hydrogen) atoms. The lowest BCUT2D eigenvalue weighted by Crippen LogP contribution is -2.25. The van der Waals surface area contributed by atoms with Crippen LogP contribution in [0, 0.1) is 20.8 Å². The van der Waals surface area contributed by atoms with E-state index < -0.39 is 11.9 Å². The minimum absolute atomic E-state index is 0.231. The Hall–Kier alpha value is -3.02. The first-order valence-electron chi connectivity index (χ1n) is 8.38. The molecular formula is C21H18F3N3. The Morgan fingerprint density at radius 1 is 0.889 bits per heavy atom. The maximum atomic E-state index is 13.8. The van der Waals surface area contributed by atoms with Gasteiger partial charge in [-0.05, 0) is 56.2 Å². The Bertz CT molecular complexity index is 970. The van der Waals surface area contributed by atoms with Gasteiger partial charge in [-0.2, -0.15) is 13.2 Å². The highest BCUT2D eigenvalue weighted by Crippen LogP contribution is 2.30. The zero-order chi connectivity index (χ0) is 19.6. The summed E-state index contributed by atoms with van der Waals surface area (Å²) >= 11 is 0. The van der Waals surface area contributed by atoms with Crippen molar-refractivity contribution in [1.82, 2.24) is 9.97 Å². The number of aliphatic imine (C=N–C) groups is 1. The molecule has 0 aliphatic heterocycles. The van der Waals surface area contributed by atoms with E-state index in [-0.39, 0.29) is 5.69 Å². The van der Waals surface area contributed by atoms with Gasteiger partial charge in [-0.1, -0.05) is 29.8 Å². The van der Waals surface area contributed by atoms with Crippen LogP contribution in [0.3, 0.4) is 0 Å². The highest BCUT2D eigenvalue weighted by molar-refractivity contribution is 6.05. The number of rotatable bonds is 3. The van der Waals surface area contributed by atoms with E-state index in [1.165, 1.54) is 12.1 Å². The summed E-state index contributed by atoms with van der Waals surface area (Å²) in [7, 11) is 0. The first-order valence-corrected chi connectivity index (χ1v) is 8.38. The zero-order valence-corrected chi connectivity index (χ0v) is 15.2. The maximum Gasteiger partial charge on any atom is 0.435 e. The standard InChI is InChI=1S/C21H18F3N3/c1-13-11-14(2)19(15(3)12-13)27-20(21(22,23)24)18-9-6-8-17(26-18)16-7-4-5-10-25-16/h4-12H,1-3H3. The second-order valence-corrected chi connectivity index (χ2v) is 6.33. The van der Waals surface area contributed by atoms with Crippen molar-refractivity contribution >= 4 is 11.4 Å². The van der Waals surface area contributed by atoms with Crippen molar-refractivity contribution < 1.29 is 13.2 Å². The van der Waals surface area contributed by atoms with Crippen LogP contribution in [0.5, 0.6) is 0 Å². The third kappa shape index (κ3) is 4.22. The Labute approximate surface area is 155 Å². The average molecular weight is 369 g/mol. The van der Waals surface area contributed by atoms with Crippen LogP contribution in [-0.2, 0) is 0 Å². The molecule has 0 bridgehead atoms. The van der Waals surface area contributed by atoms with Gasteiger partial charge in [0.25, 0.3) is 0 Å². The molecule has 3 nitrogen and oxygen atoms in total. The van der Waals surface area contributed by atoms with E-state index in [1.54, 1.807) is 44.3 Å². The van der Waals surface area contributed by atoms with Crippen LogP contribution in [0.1, 0.15) is 22.4 Å². The minimum Gasteiger partial charge on any atom is -0.255 e. The van der Waals surface area contributed by atoms with Crippen LogP contribution in [0.4, 0.5) is 18.9 Å². The quantitative estimate of drug-likeness (QED) is 0.551. The van der Waals surface area contributed by atoms with Crippen molar-refractivity contribution in [2.45, 2.75) is 26.9 Å².